The van der Waals surface area contributed by atoms with Crippen molar-refractivity contribution in [1.82, 2.24) is 9.88 Å². The summed E-state index contributed by atoms with van der Waals surface area (Å²) in [6.07, 6.45) is 7.59. The van der Waals surface area contributed by atoms with E-state index in [1.807, 2.05) is 12.3 Å². The van der Waals surface area contributed by atoms with Crippen molar-refractivity contribution in [2.75, 3.05) is 26.2 Å². The molecule has 1 unspecified atom stereocenters. The van der Waals surface area contributed by atoms with Crippen molar-refractivity contribution in [2.45, 2.75) is 25.2 Å². The number of aromatic nitrogens is 1. The second-order valence-corrected chi connectivity index (χ2v) is 4.53. The molecule has 88 valence electrons. The molecule has 1 aliphatic heterocycles. The second kappa shape index (κ2) is 5.97. The zero-order valence-electron chi connectivity index (χ0n) is 9.68. The fourth-order valence-corrected chi connectivity index (χ4v) is 2.34. The van der Waals surface area contributed by atoms with E-state index >= 15 is 0 Å². The van der Waals surface area contributed by atoms with E-state index in [0.29, 0.717) is 0 Å². The number of aliphatic hydroxyl groups excluding tert-OH is 1. The Morgan fingerprint density at radius 2 is 2.12 bits per heavy atom. The molecule has 1 aromatic rings. The van der Waals surface area contributed by atoms with Gasteiger partial charge in [0.2, 0.25) is 0 Å². The van der Waals surface area contributed by atoms with Gasteiger partial charge in [0.1, 0.15) is 0 Å². The number of pyridine rings is 1. The molecule has 0 aromatic carbocycles. The summed E-state index contributed by atoms with van der Waals surface area (Å²) in [6.45, 7) is 3.53. The van der Waals surface area contributed by atoms with E-state index < -0.39 is 0 Å². The topological polar surface area (TPSA) is 36.4 Å². The van der Waals surface area contributed by atoms with Crippen molar-refractivity contribution in [1.29, 1.82) is 0 Å². The van der Waals surface area contributed by atoms with Crippen LogP contribution in [-0.4, -0.2) is 41.2 Å². The highest BCUT2D eigenvalue weighted by Crippen LogP contribution is 2.18. The van der Waals surface area contributed by atoms with Crippen LogP contribution >= 0.6 is 0 Å². The Bertz CT molecular complexity index is 296. The van der Waals surface area contributed by atoms with Crippen molar-refractivity contribution in [3.63, 3.8) is 0 Å². The molecule has 2 heterocycles. The maximum atomic E-state index is 9.46. The van der Waals surface area contributed by atoms with Crippen LogP contribution < -0.4 is 0 Å². The van der Waals surface area contributed by atoms with Crippen LogP contribution in [0, 0.1) is 0 Å². The smallest absolute Gasteiger partial charge is 0.0512 e. The van der Waals surface area contributed by atoms with Gasteiger partial charge in [-0.3, -0.25) is 4.98 Å². The largest absolute Gasteiger partial charge is 0.396 e. The second-order valence-electron chi connectivity index (χ2n) is 4.53. The third-order valence-corrected chi connectivity index (χ3v) is 3.30. The molecule has 16 heavy (non-hydrogen) atoms. The predicted molar refractivity (Wildman–Crippen MR) is 64.4 cm³/mol. The van der Waals surface area contributed by atoms with Crippen LogP contribution in [0.1, 0.15) is 30.7 Å². The summed E-state index contributed by atoms with van der Waals surface area (Å²) in [5.74, 6) is 0.215. The van der Waals surface area contributed by atoms with Gasteiger partial charge in [-0.15, -0.1) is 0 Å². The Labute approximate surface area is 97.1 Å². The minimum atomic E-state index is 0.211. The van der Waals surface area contributed by atoms with E-state index in [1.165, 1.54) is 32.4 Å². The number of likely N-dealkylation sites (tertiary alicyclic amines) is 1. The molecular weight excluding hydrogens is 200 g/mol. The SMILES string of the molecule is OCC(CN1CCCCC1)c1cccnc1. The van der Waals surface area contributed by atoms with Crippen molar-refractivity contribution < 1.29 is 5.11 Å². The number of hydrogen-bond donors (Lipinski definition) is 1. The van der Waals surface area contributed by atoms with Gasteiger partial charge in [-0.05, 0) is 37.6 Å². The molecule has 0 bridgehead atoms. The maximum Gasteiger partial charge on any atom is 0.0512 e. The summed E-state index contributed by atoms with van der Waals surface area (Å²) in [5, 5.41) is 9.46. The van der Waals surface area contributed by atoms with Gasteiger partial charge >= 0.3 is 0 Å². The molecule has 1 aromatic heterocycles. The Morgan fingerprint density at radius 3 is 2.75 bits per heavy atom. The molecule has 0 saturated carbocycles. The van der Waals surface area contributed by atoms with Crippen LogP contribution in [0.5, 0.6) is 0 Å². The summed E-state index contributed by atoms with van der Waals surface area (Å²) < 4.78 is 0. The highest BCUT2D eigenvalue weighted by Gasteiger charge is 2.17. The molecule has 1 aliphatic rings. The van der Waals surface area contributed by atoms with Crippen LogP contribution in [0.4, 0.5) is 0 Å². The van der Waals surface area contributed by atoms with E-state index in [4.69, 9.17) is 0 Å². The Kier molecular flexibility index (Phi) is 4.31. The summed E-state index contributed by atoms with van der Waals surface area (Å²) in [6, 6.07) is 3.99. The lowest BCUT2D eigenvalue weighted by molar-refractivity contribution is 0.178. The number of hydrogen-bond acceptors (Lipinski definition) is 3. The molecule has 2 rings (SSSR count). The third-order valence-electron chi connectivity index (χ3n) is 3.30. The van der Waals surface area contributed by atoms with E-state index in [0.717, 1.165) is 12.1 Å². The van der Waals surface area contributed by atoms with Gasteiger partial charge in [0.15, 0.2) is 0 Å². The normalized spacial score (nSPS) is 19.6. The minimum absolute atomic E-state index is 0.211. The molecule has 1 fully saturated rings. The van der Waals surface area contributed by atoms with Gasteiger partial charge in [-0.25, -0.2) is 0 Å². The average Bonchev–Trinajstić information content (AvgIpc) is 2.38. The Balaban J connectivity index is 1.94. The van der Waals surface area contributed by atoms with Gasteiger partial charge < -0.3 is 10.0 Å². The zero-order valence-corrected chi connectivity index (χ0v) is 9.68. The molecule has 0 amide bonds. The molecule has 0 radical (unpaired) electrons. The Hall–Kier alpha value is -0.930. The number of rotatable bonds is 4. The first-order valence-corrected chi connectivity index (χ1v) is 6.13. The highest BCUT2D eigenvalue weighted by atomic mass is 16.3. The molecule has 0 aliphatic carbocycles. The van der Waals surface area contributed by atoms with Crippen LogP contribution in [-0.2, 0) is 0 Å². The average molecular weight is 220 g/mol. The summed E-state index contributed by atoms with van der Waals surface area (Å²) in [4.78, 5) is 6.57. The lowest BCUT2D eigenvalue weighted by Gasteiger charge is -2.29. The van der Waals surface area contributed by atoms with Gasteiger partial charge in [-0.2, -0.15) is 0 Å². The molecule has 3 heteroatoms. The lowest BCUT2D eigenvalue weighted by atomic mass is 10.00. The van der Waals surface area contributed by atoms with Crippen molar-refractivity contribution in [3.05, 3.63) is 30.1 Å². The molecule has 3 nitrogen and oxygen atoms in total. The number of aliphatic hydroxyl groups is 1. The van der Waals surface area contributed by atoms with Crippen LogP contribution in [0.3, 0.4) is 0 Å². The first-order valence-electron chi connectivity index (χ1n) is 6.13. The first kappa shape index (κ1) is 11.6. The van der Waals surface area contributed by atoms with Crippen molar-refractivity contribution in [3.8, 4) is 0 Å². The number of nitrogens with zero attached hydrogens (tertiary/aromatic N) is 2. The summed E-state index contributed by atoms with van der Waals surface area (Å²) in [7, 11) is 0. The van der Waals surface area contributed by atoms with E-state index in [1.54, 1.807) is 6.20 Å². The lowest BCUT2D eigenvalue weighted by Crippen LogP contribution is -2.34. The zero-order chi connectivity index (χ0) is 11.2. The van der Waals surface area contributed by atoms with Crippen molar-refractivity contribution in [2.24, 2.45) is 0 Å². The molecule has 1 atom stereocenters. The molecular formula is C13H20N2O. The van der Waals surface area contributed by atoms with Gasteiger partial charge in [0, 0.05) is 24.9 Å². The minimum Gasteiger partial charge on any atom is -0.396 e. The van der Waals surface area contributed by atoms with E-state index in [2.05, 4.69) is 16.0 Å². The highest BCUT2D eigenvalue weighted by molar-refractivity contribution is 5.15. The maximum absolute atomic E-state index is 9.46. The monoisotopic (exact) mass is 220 g/mol. The first-order chi connectivity index (χ1) is 7.90. The van der Waals surface area contributed by atoms with E-state index in [9.17, 15) is 5.11 Å². The third kappa shape index (κ3) is 3.03. The van der Waals surface area contributed by atoms with Crippen LogP contribution in [0.15, 0.2) is 24.5 Å². The van der Waals surface area contributed by atoms with E-state index in [-0.39, 0.29) is 12.5 Å². The molecule has 1 saturated heterocycles. The summed E-state index contributed by atoms with van der Waals surface area (Å²) in [5.41, 5.74) is 1.15. The fraction of sp³-hybridized carbons (Fsp3) is 0.615. The van der Waals surface area contributed by atoms with Crippen LogP contribution in [0.25, 0.3) is 0 Å². The Morgan fingerprint density at radius 1 is 1.31 bits per heavy atom. The van der Waals surface area contributed by atoms with Gasteiger partial charge in [0.05, 0.1) is 6.61 Å². The fourth-order valence-electron chi connectivity index (χ4n) is 2.34. The van der Waals surface area contributed by atoms with Gasteiger partial charge in [-0.1, -0.05) is 12.5 Å². The summed E-state index contributed by atoms with van der Waals surface area (Å²) >= 11 is 0. The quantitative estimate of drug-likeness (QED) is 0.838. The predicted octanol–water partition coefficient (Wildman–Crippen LogP) is 1.64. The molecule has 1 N–H and O–H groups in total. The number of piperidine rings is 1. The van der Waals surface area contributed by atoms with Crippen molar-refractivity contribution >= 4 is 0 Å². The molecule has 0 spiro atoms. The van der Waals surface area contributed by atoms with Crippen LogP contribution in [0.2, 0.25) is 0 Å². The standard InChI is InChI=1S/C13H20N2O/c16-11-13(12-5-4-6-14-9-12)10-15-7-2-1-3-8-15/h4-6,9,13,16H,1-3,7-8,10-11H2. The van der Waals surface area contributed by atoms with Gasteiger partial charge in [0.25, 0.3) is 0 Å².